The number of rotatable bonds is 2. The number of aryl methyl sites for hydroxylation is 1. The van der Waals surface area contributed by atoms with E-state index in [2.05, 4.69) is 0 Å². The van der Waals surface area contributed by atoms with Crippen LogP contribution in [0.4, 0.5) is 0 Å². The fourth-order valence-electron chi connectivity index (χ4n) is 1.56. The Balaban J connectivity index is 0.000000204. The van der Waals surface area contributed by atoms with Crippen molar-refractivity contribution in [2.45, 2.75) is 37.6 Å². The topological polar surface area (TPSA) is 93.1 Å². The lowest BCUT2D eigenvalue weighted by Gasteiger charge is -2.15. The van der Waals surface area contributed by atoms with Crippen molar-refractivity contribution < 1.29 is 27.6 Å². The molecule has 1 aliphatic rings. The summed E-state index contributed by atoms with van der Waals surface area (Å²) < 4.78 is 39.9. The highest BCUT2D eigenvalue weighted by Gasteiger charge is 2.31. The van der Waals surface area contributed by atoms with Gasteiger partial charge in [-0.3, -0.25) is 4.55 Å². The van der Waals surface area contributed by atoms with Gasteiger partial charge in [0.25, 0.3) is 10.1 Å². The molecular weight excluding hydrogens is 284 g/mol. The maximum atomic E-state index is 10.5. The molecule has 0 amide bonds. The van der Waals surface area contributed by atoms with Gasteiger partial charge in [-0.1, -0.05) is 17.7 Å². The Kier molecular flexibility index (Phi) is 5.67. The molecule has 1 heterocycles. The molecule has 20 heavy (non-hydrogen) atoms. The Morgan fingerprint density at radius 1 is 1.30 bits per heavy atom. The molecule has 0 radical (unpaired) electrons. The van der Waals surface area contributed by atoms with Crippen LogP contribution < -0.4 is 0 Å². The van der Waals surface area contributed by atoms with Crippen LogP contribution in [-0.4, -0.2) is 43.2 Å². The molecule has 0 aromatic heterocycles. The Morgan fingerprint density at radius 3 is 2.15 bits per heavy atom. The van der Waals surface area contributed by atoms with Crippen molar-refractivity contribution in [2.75, 3.05) is 13.2 Å². The summed E-state index contributed by atoms with van der Waals surface area (Å²) in [5.74, 6) is -0.493. The van der Waals surface area contributed by atoms with Gasteiger partial charge in [-0.25, -0.2) is 0 Å². The fraction of sp³-hybridized carbons (Fsp3) is 0.538. The number of ether oxygens (including phenoxy) is 2. The standard InChI is InChI=1S/C7H8O3S.C6H12O3/c1-6-2-4-7(5-3-6)11(8,9)10;1-6(2)8-4-5(3-7)9-6/h2-5H,1H3,(H,8,9,10);5,7H,3-4H2,1-2H3/t;5-/m.0/s1. The smallest absolute Gasteiger partial charge is 0.294 e. The molecule has 2 rings (SSSR count). The third-order valence-electron chi connectivity index (χ3n) is 2.59. The van der Waals surface area contributed by atoms with E-state index in [1.54, 1.807) is 12.1 Å². The maximum Gasteiger partial charge on any atom is 0.294 e. The van der Waals surface area contributed by atoms with Gasteiger partial charge in [-0.05, 0) is 32.9 Å². The van der Waals surface area contributed by atoms with Crippen LogP contribution in [0.5, 0.6) is 0 Å². The maximum absolute atomic E-state index is 10.5. The van der Waals surface area contributed by atoms with Crippen LogP contribution in [0.3, 0.4) is 0 Å². The van der Waals surface area contributed by atoms with Crippen LogP contribution in [0.25, 0.3) is 0 Å². The average Bonchev–Trinajstić information content (AvgIpc) is 2.69. The fourth-order valence-corrected chi connectivity index (χ4v) is 2.04. The van der Waals surface area contributed by atoms with Gasteiger partial charge in [0.05, 0.1) is 18.1 Å². The van der Waals surface area contributed by atoms with Crippen molar-refractivity contribution in [2.24, 2.45) is 0 Å². The summed E-state index contributed by atoms with van der Waals surface area (Å²) in [5, 5.41) is 8.59. The first-order chi connectivity index (χ1) is 9.14. The molecule has 0 spiro atoms. The second-order valence-corrected chi connectivity index (χ2v) is 6.34. The van der Waals surface area contributed by atoms with Crippen LogP contribution in [0.2, 0.25) is 0 Å². The Labute approximate surface area is 119 Å². The second kappa shape index (κ2) is 6.64. The number of benzene rings is 1. The molecule has 1 aliphatic heterocycles. The predicted molar refractivity (Wildman–Crippen MR) is 73.0 cm³/mol. The molecule has 1 atom stereocenters. The van der Waals surface area contributed by atoms with Gasteiger partial charge in [-0.15, -0.1) is 0 Å². The van der Waals surface area contributed by atoms with Crippen molar-refractivity contribution in [1.82, 2.24) is 0 Å². The van der Waals surface area contributed by atoms with Gasteiger partial charge in [0.2, 0.25) is 0 Å². The van der Waals surface area contributed by atoms with Crippen molar-refractivity contribution in [1.29, 1.82) is 0 Å². The minimum atomic E-state index is -4.02. The van der Waals surface area contributed by atoms with E-state index in [0.717, 1.165) is 5.56 Å². The zero-order valence-electron chi connectivity index (χ0n) is 11.7. The number of hydrogen-bond donors (Lipinski definition) is 2. The van der Waals surface area contributed by atoms with Crippen LogP contribution in [0.15, 0.2) is 29.2 Å². The van der Waals surface area contributed by atoms with Crippen LogP contribution in [0, 0.1) is 6.92 Å². The third-order valence-corrected chi connectivity index (χ3v) is 3.46. The first-order valence-electron chi connectivity index (χ1n) is 6.11. The highest BCUT2D eigenvalue weighted by Crippen LogP contribution is 2.21. The molecular formula is C13H20O6S. The lowest BCUT2D eigenvalue weighted by Crippen LogP contribution is -2.22. The molecule has 1 saturated heterocycles. The van der Waals surface area contributed by atoms with E-state index in [4.69, 9.17) is 19.1 Å². The molecule has 114 valence electrons. The molecule has 2 N–H and O–H groups in total. The molecule has 6 nitrogen and oxygen atoms in total. The largest absolute Gasteiger partial charge is 0.394 e. The van der Waals surface area contributed by atoms with Gasteiger partial charge in [-0.2, -0.15) is 8.42 Å². The van der Waals surface area contributed by atoms with E-state index in [0.29, 0.717) is 6.61 Å². The molecule has 1 aromatic rings. The minimum Gasteiger partial charge on any atom is -0.394 e. The molecule has 0 bridgehead atoms. The lowest BCUT2D eigenvalue weighted by molar-refractivity contribution is -0.142. The number of hydrogen-bond acceptors (Lipinski definition) is 5. The van der Waals surface area contributed by atoms with Crippen molar-refractivity contribution in [3.05, 3.63) is 29.8 Å². The summed E-state index contributed by atoms with van der Waals surface area (Å²) in [7, 11) is -4.02. The van der Waals surface area contributed by atoms with Crippen molar-refractivity contribution in [3.63, 3.8) is 0 Å². The molecule has 1 fully saturated rings. The molecule has 0 saturated carbocycles. The monoisotopic (exact) mass is 304 g/mol. The average molecular weight is 304 g/mol. The summed E-state index contributed by atoms with van der Waals surface area (Å²) in [6.07, 6.45) is -0.125. The van der Waals surface area contributed by atoms with Crippen molar-refractivity contribution in [3.8, 4) is 0 Å². The first-order valence-corrected chi connectivity index (χ1v) is 7.55. The molecule has 1 aromatic carbocycles. The van der Waals surface area contributed by atoms with E-state index >= 15 is 0 Å². The van der Waals surface area contributed by atoms with Gasteiger partial charge < -0.3 is 14.6 Å². The highest BCUT2D eigenvalue weighted by atomic mass is 32.2. The first kappa shape index (κ1) is 17.1. The van der Waals surface area contributed by atoms with Crippen LogP contribution in [0.1, 0.15) is 19.4 Å². The molecule has 7 heteroatoms. The summed E-state index contributed by atoms with van der Waals surface area (Å²) in [4.78, 5) is -0.0666. The zero-order valence-corrected chi connectivity index (χ0v) is 12.6. The summed E-state index contributed by atoms with van der Waals surface area (Å²) >= 11 is 0. The number of aliphatic hydroxyl groups is 1. The van der Waals surface area contributed by atoms with Gasteiger partial charge in [0, 0.05) is 0 Å². The minimum absolute atomic E-state index is 0.0451. The third kappa shape index (κ3) is 5.56. The SMILES string of the molecule is CC1(C)OC[C@H](CO)O1.Cc1ccc(S(=O)(=O)O)cc1. The lowest BCUT2D eigenvalue weighted by atomic mass is 10.2. The van der Waals surface area contributed by atoms with E-state index < -0.39 is 15.9 Å². The van der Waals surface area contributed by atoms with Gasteiger partial charge in [0.1, 0.15) is 6.10 Å². The predicted octanol–water partition coefficient (Wildman–Crippen LogP) is 1.37. The van der Waals surface area contributed by atoms with E-state index in [9.17, 15) is 8.42 Å². The Hall–Kier alpha value is -0.990. The summed E-state index contributed by atoms with van der Waals surface area (Å²) in [6.45, 7) is 6.06. The zero-order chi connectivity index (χ0) is 15.4. The van der Waals surface area contributed by atoms with E-state index in [-0.39, 0.29) is 17.6 Å². The van der Waals surface area contributed by atoms with Gasteiger partial charge in [0.15, 0.2) is 5.79 Å². The van der Waals surface area contributed by atoms with Crippen LogP contribution >= 0.6 is 0 Å². The summed E-state index contributed by atoms with van der Waals surface area (Å²) in [6, 6.07) is 5.99. The van der Waals surface area contributed by atoms with Crippen molar-refractivity contribution >= 4 is 10.1 Å². The highest BCUT2D eigenvalue weighted by molar-refractivity contribution is 7.85. The Bertz CT molecular complexity index is 520. The van der Waals surface area contributed by atoms with Crippen LogP contribution in [-0.2, 0) is 19.6 Å². The molecule has 0 aliphatic carbocycles. The Morgan fingerprint density at radius 2 is 1.85 bits per heavy atom. The second-order valence-electron chi connectivity index (χ2n) is 4.92. The molecule has 0 unspecified atom stereocenters. The van der Waals surface area contributed by atoms with Gasteiger partial charge >= 0.3 is 0 Å². The normalized spacial score (nSPS) is 21.1. The summed E-state index contributed by atoms with van der Waals surface area (Å²) in [5.41, 5.74) is 0.956. The number of aliphatic hydroxyl groups excluding tert-OH is 1. The van der Waals surface area contributed by atoms with E-state index in [1.165, 1.54) is 12.1 Å². The quantitative estimate of drug-likeness (QED) is 0.802. The van der Waals surface area contributed by atoms with E-state index in [1.807, 2.05) is 20.8 Å².